The van der Waals surface area contributed by atoms with Crippen molar-refractivity contribution in [3.05, 3.63) is 59.4 Å². The summed E-state index contributed by atoms with van der Waals surface area (Å²) in [6.07, 6.45) is 2.08. The Labute approximate surface area is 143 Å². The molecular weight excluding hydrogens is 304 g/mol. The van der Waals surface area contributed by atoms with Gasteiger partial charge in [-0.2, -0.15) is 0 Å². The van der Waals surface area contributed by atoms with Gasteiger partial charge >= 0.3 is 5.97 Å². The second kappa shape index (κ2) is 9.25. The lowest BCUT2D eigenvalue weighted by atomic mass is 10.1. The van der Waals surface area contributed by atoms with Crippen molar-refractivity contribution >= 4 is 5.97 Å². The van der Waals surface area contributed by atoms with Crippen LogP contribution in [0.15, 0.2) is 42.6 Å². The van der Waals surface area contributed by atoms with Crippen LogP contribution in [0.4, 0.5) is 0 Å². The van der Waals surface area contributed by atoms with Crippen LogP contribution < -0.4 is 0 Å². The maximum atomic E-state index is 11.6. The van der Waals surface area contributed by atoms with Gasteiger partial charge in [-0.25, -0.2) is 0 Å². The molecule has 2 rings (SSSR count). The van der Waals surface area contributed by atoms with Crippen LogP contribution in [0.5, 0.6) is 0 Å². The van der Waals surface area contributed by atoms with Crippen molar-refractivity contribution in [2.75, 3.05) is 33.9 Å². The molecule has 0 saturated heterocycles. The first-order valence-corrected chi connectivity index (χ1v) is 8.10. The van der Waals surface area contributed by atoms with Gasteiger partial charge in [-0.1, -0.05) is 24.3 Å². The summed E-state index contributed by atoms with van der Waals surface area (Å²) in [7, 11) is 3.08. The zero-order valence-electron chi connectivity index (χ0n) is 14.7. The topological polar surface area (TPSA) is 43.7 Å². The fourth-order valence-electron chi connectivity index (χ4n) is 2.63. The summed E-state index contributed by atoms with van der Waals surface area (Å²) in [4.78, 5) is 13.7. The zero-order valence-corrected chi connectivity index (χ0v) is 14.7. The molecule has 0 bridgehead atoms. The molecule has 1 heterocycles. The Balaban J connectivity index is 2.09. The van der Waals surface area contributed by atoms with Crippen LogP contribution in [0.1, 0.15) is 16.8 Å². The van der Waals surface area contributed by atoms with E-state index in [0.29, 0.717) is 19.7 Å². The minimum atomic E-state index is -0.233. The summed E-state index contributed by atoms with van der Waals surface area (Å²) in [6.45, 7) is 5.15. The number of methoxy groups -OCH3 is 2. The fourth-order valence-corrected chi connectivity index (χ4v) is 2.63. The molecule has 2 aromatic rings. The molecule has 0 amide bonds. The Hall–Kier alpha value is -2.11. The molecule has 130 valence electrons. The highest BCUT2D eigenvalue weighted by Crippen LogP contribution is 2.13. The monoisotopic (exact) mass is 330 g/mol. The zero-order chi connectivity index (χ0) is 17.4. The predicted molar refractivity (Wildman–Crippen MR) is 93.9 cm³/mol. The van der Waals surface area contributed by atoms with Crippen molar-refractivity contribution in [1.29, 1.82) is 0 Å². The summed E-state index contributed by atoms with van der Waals surface area (Å²) in [5.41, 5.74) is 3.74. The molecule has 0 unspecified atom stereocenters. The smallest absolute Gasteiger partial charge is 0.319 e. The van der Waals surface area contributed by atoms with Crippen LogP contribution >= 0.6 is 0 Å². The van der Waals surface area contributed by atoms with E-state index in [4.69, 9.17) is 9.47 Å². The second-order valence-electron chi connectivity index (χ2n) is 5.83. The van der Waals surface area contributed by atoms with Crippen LogP contribution in [0.25, 0.3) is 0 Å². The summed E-state index contributed by atoms with van der Waals surface area (Å²) in [5, 5.41) is 0. The average Bonchev–Trinajstić information content (AvgIpc) is 3.01. The molecule has 0 aliphatic carbocycles. The number of hydrogen-bond donors (Lipinski definition) is 0. The first kappa shape index (κ1) is 18.2. The third kappa shape index (κ3) is 5.22. The maximum Gasteiger partial charge on any atom is 0.319 e. The molecule has 0 aliphatic heterocycles. The van der Waals surface area contributed by atoms with Gasteiger partial charge in [-0.3, -0.25) is 9.69 Å². The lowest BCUT2D eigenvalue weighted by Crippen LogP contribution is -2.33. The van der Waals surface area contributed by atoms with Crippen molar-refractivity contribution in [3.63, 3.8) is 0 Å². The van der Waals surface area contributed by atoms with E-state index in [0.717, 1.165) is 6.54 Å². The van der Waals surface area contributed by atoms with Crippen LogP contribution in [0.3, 0.4) is 0 Å². The number of carbonyl (C=O) groups excluding carboxylic acids is 1. The highest BCUT2D eigenvalue weighted by atomic mass is 16.5. The quantitative estimate of drug-likeness (QED) is 0.663. The van der Waals surface area contributed by atoms with Crippen molar-refractivity contribution in [1.82, 2.24) is 9.47 Å². The molecule has 0 aliphatic rings. The summed E-state index contributed by atoms with van der Waals surface area (Å²) < 4.78 is 12.2. The number of esters is 1. The predicted octanol–water partition coefficient (Wildman–Crippen LogP) is 2.47. The molecule has 1 aromatic carbocycles. The summed E-state index contributed by atoms with van der Waals surface area (Å²) in [5.74, 6) is -0.233. The molecule has 5 nitrogen and oxygen atoms in total. The normalized spacial score (nSPS) is 11.0. The number of nitrogens with zero attached hydrogens (tertiary/aromatic N) is 2. The molecular formula is C19H26N2O3. The van der Waals surface area contributed by atoms with Gasteiger partial charge in [0, 0.05) is 38.6 Å². The molecule has 0 N–H and O–H groups in total. The van der Waals surface area contributed by atoms with Gasteiger partial charge in [-0.15, -0.1) is 0 Å². The van der Waals surface area contributed by atoms with Crippen LogP contribution in [-0.4, -0.2) is 49.4 Å². The molecule has 0 fully saturated rings. The third-order valence-corrected chi connectivity index (χ3v) is 4.10. The van der Waals surface area contributed by atoms with Crippen LogP contribution in [0.2, 0.25) is 0 Å². The average molecular weight is 330 g/mol. The Kier molecular flexibility index (Phi) is 7.03. The molecule has 0 saturated carbocycles. The van der Waals surface area contributed by atoms with Crippen LogP contribution in [0, 0.1) is 6.92 Å². The van der Waals surface area contributed by atoms with Crippen molar-refractivity contribution in [2.24, 2.45) is 0 Å². The molecule has 5 heteroatoms. The highest BCUT2D eigenvalue weighted by molar-refractivity contribution is 5.71. The molecule has 0 radical (unpaired) electrons. The fraction of sp³-hybridized carbons (Fsp3) is 0.421. The van der Waals surface area contributed by atoms with Gasteiger partial charge < -0.3 is 14.0 Å². The van der Waals surface area contributed by atoms with Crippen LogP contribution in [-0.2, 0) is 27.4 Å². The lowest BCUT2D eigenvalue weighted by molar-refractivity contribution is -0.142. The van der Waals surface area contributed by atoms with E-state index in [9.17, 15) is 4.79 Å². The molecule has 1 aromatic heterocycles. The maximum absolute atomic E-state index is 11.6. The third-order valence-electron chi connectivity index (χ3n) is 4.10. The van der Waals surface area contributed by atoms with E-state index in [1.165, 1.54) is 23.9 Å². The van der Waals surface area contributed by atoms with Gasteiger partial charge in [0.15, 0.2) is 0 Å². The van der Waals surface area contributed by atoms with E-state index in [2.05, 4.69) is 48.0 Å². The van der Waals surface area contributed by atoms with Gasteiger partial charge in [-0.05, 0) is 30.2 Å². The first-order valence-electron chi connectivity index (χ1n) is 8.10. The minimum Gasteiger partial charge on any atom is -0.468 e. The Bertz CT molecular complexity index is 652. The van der Waals surface area contributed by atoms with E-state index in [1.807, 2.05) is 11.0 Å². The van der Waals surface area contributed by atoms with Crippen molar-refractivity contribution in [3.8, 4) is 0 Å². The van der Waals surface area contributed by atoms with Gasteiger partial charge in [0.25, 0.3) is 0 Å². The Morgan fingerprint density at radius 1 is 1.17 bits per heavy atom. The largest absolute Gasteiger partial charge is 0.468 e. The van der Waals surface area contributed by atoms with E-state index >= 15 is 0 Å². The number of aryl methyl sites for hydroxylation is 1. The molecule has 24 heavy (non-hydrogen) atoms. The van der Waals surface area contributed by atoms with E-state index in [-0.39, 0.29) is 12.5 Å². The van der Waals surface area contributed by atoms with E-state index in [1.54, 1.807) is 7.11 Å². The molecule has 0 spiro atoms. The Morgan fingerprint density at radius 3 is 2.67 bits per heavy atom. The summed E-state index contributed by atoms with van der Waals surface area (Å²) >= 11 is 0. The number of benzene rings is 1. The van der Waals surface area contributed by atoms with Gasteiger partial charge in [0.2, 0.25) is 0 Å². The minimum absolute atomic E-state index is 0.233. The SMILES string of the molecule is COCCN(CC(=O)OC)Cc1cccn1Cc1ccccc1C. The number of aromatic nitrogens is 1. The second-order valence-corrected chi connectivity index (χ2v) is 5.83. The lowest BCUT2D eigenvalue weighted by Gasteiger charge is -2.22. The number of hydrogen-bond acceptors (Lipinski definition) is 4. The summed E-state index contributed by atoms with van der Waals surface area (Å²) in [6, 6.07) is 12.5. The van der Waals surface area contributed by atoms with E-state index < -0.39 is 0 Å². The first-order chi connectivity index (χ1) is 11.6. The number of rotatable bonds is 9. The number of ether oxygens (including phenoxy) is 2. The van der Waals surface area contributed by atoms with Gasteiger partial charge in [0.1, 0.15) is 0 Å². The van der Waals surface area contributed by atoms with Gasteiger partial charge in [0.05, 0.1) is 20.3 Å². The highest BCUT2D eigenvalue weighted by Gasteiger charge is 2.13. The standard InChI is InChI=1S/C19H26N2O3/c1-16-7-4-5-8-17(16)13-21-10-6-9-18(21)14-20(11-12-23-2)15-19(22)24-3/h4-10H,11-15H2,1-3H3. The number of carbonyl (C=O) groups is 1. The van der Waals surface area contributed by atoms with Crippen molar-refractivity contribution < 1.29 is 14.3 Å². The Morgan fingerprint density at radius 2 is 1.96 bits per heavy atom. The molecule has 0 atom stereocenters. The van der Waals surface area contributed by atoms with Crippen molar-refractivity contribution in [2.45, 2.75) is 20.0 Å².